The Bertz CT molecular complexity index is 1210. The van der Waals surface area contributed by atoms with Gasteiger partial charge in [0.1, 0.15) is 0 Å². The van der Waals surface area contributed by atoms with Crippen molar-refractivity contribution in [1.29, 1.82) is 0 Å². The van der Waals surface area contributed by atoms with E-state index in [2.05, 4.69) is 20.8 Å². The number of carbonyl (C=O) groups is 3. The van der Waals surface area contributed by atoms with E-state index in [0.717, 1.165) is 0 Å². The number of carbonyl (C=O) groups excluding carboxylic acids is 2. The normalized spacial score (nSPS) is 11.8. The summed E-state index contributed by atoms with van der Waals surface area (Å²) in [5, 5.41) is 24.0. The number of carboxylic acids is 1. The Morgan fingerprint density at radius 1 is 1.12 bits per heavy atom. The van der Waals surface area contributed by atoms with Gasteiger partial charge in [0.2, 0.25) is 5.91 Å². The van der Waals surface area contributed by atoms with Crippen LogP contribution in [0.15, 0.2) is 53.7 Å². The van der Waals surface area contributed by atoms with Crippen molar-refractivity contribution in [2.75, 3.05) is 11.1 Å². The highest BCUT2D eigenvalue weighted by atomic mass is 35.5. The molecule has 0 saturated heterocycles. The largest absolute Gasteiger partial charge is 0.478 e. The second kappa shape index (κ2) is 11.2. The van der Waals surface area contributed by atoms with Gasteiger partial charge in [-0.25, -0.2) is 4.79 Å². The molecule has 0 unspecified atom stereocenters. The lowest BCUT2D eigenvalue weighted by atomic mass is 10.0. The maximum absolute atomic E-state index is 12.8. The molecular formula is C23H24ClN5O4S. The third-order valence-electron chi connectivity index (χ3n) is 4.94. The standard InChI is InChI=1S/C23H24ClN5O4S/c1-13(2)19(26-21(31)16-9-4-5-10-17(16)24)20-27-28-23(29(20)3)34-12-18(30)25-15-8-6-7-14(11-15)22(32)33/h4-11,13,19H,12H2,1-3H3,(H,25,30)(H,26,31)(H,32,33)/t19-/m1/s1. The van der Waals surface area contributed by atoms with Gasteiger partial charge in [-0.05, 0) is 36.2 Å². The van der Waals surface area contributed by atoms with E-state index in [0.29, 0.717) is 27.3 Å². The Morgan fingerprint density at radius 2 is 1.85 bits per heavy atom. The van der Waals surface area contributed by atoms with Gasteiger partial charge in [-0.1, -0.05) is 55.4 Å². The van der Waals surface area contributed by atoms with E-state index in [-0.39, 0.29) is 29.0 Å². The van der Waals surface area contributed by atoms with Crippen molar-refractivity contribution < 1.29 is 19.5 Å². The van der Waals surface area contributed by atoms with E-state index in [1.165, 1.54) is 23.9 Å². The summed E-state index contributed by atoms with van der Waals surface area (Å²) < 4.78 is 1.74. The lowest BCUT2D eigenvalue weighted by Crippen LogP contribution is -2.33. The van der Waals surface area contributed by atoms with Crippen molar-refractivity contribution in [2.45, 2.75) is 25.0 Å². The van der Waals surface area contributed by atoms with Crippen LogP contribution in [0.4, 0.5) is 5.69 Å². The number of hydrogen-bond acceptors (Lipinski definition) is 6. The number of aromatic nitrogens is 3. The van der Waals surface area contributed by atoms with Crippen LogP contribution >= 0.6 is 23.4 Å². The van der Waals surface area contributed by atoms with E-state index < -0.39 is 12.0 Å². The summed E-state index contributed by atoms with van der Waals surface area (Å²) in [6.07, 6.45) is 0. The fourth-order valence-electron chi connectivity index (χ4n) is 3.17. The van der Waals surface area contributed by atoms with Crippen molar-refractivity contribution >= 4 is 46.8 Å². The van der Waals surface area contributed by atoms with Gasteiger partial charge in [0, 0.05) is 12.7 Å². The topological polar surface area (TPSA) is 126 Å². The number of aromatic carboxylic acids is 1. The molecule has 0 saturated carbocycles. The van der Waals surface area contributed by atoms with Crippen molar-refractivity contribution in [2.24, 2.45) is 13.0 Å². The van der Waals surface area contributed by atoms with Crippen molar-refractivity contribution in [3.63, 3.8) is 0 Å². The molecule has 0 radical (unpaired) electrons. The molecule has 3 rings (SSSR count). The smallest absolute Gasteiger partial charge is 0.335 e. The highest BCUT2D eigenvalue weighted by Crippen LogP contribution is 2.25. The second-order valence-electron chi connectivity index (χ2n) is 7.80. The highest BCUT2D eigenvalue weighted by molar-refractivity contribution is 7.99. The van der Waals surface area contributed by atoms with Gasteiger partial charge >= 0.3 is 5.97 Å². The van der Waals surface area contributed by atoms with Crippen LogP contribution in [-0.4, -0.2) is 43.4 Å². The molecule has 0 fully saturated rings. The molecule has 0 aliphatic rings. The van der Waals surface area contributed by atoms with E-state index in [9.17, 15) is 14.4 Å². The summed E-state index contributed by atoms with van der Waals surface area (Å²) in [6, 6.07) is 12.4. The van der Waals surface area contributed by atoms with Crippen LogP contribution in [0.2, 0.25) is 5.02 Å². The fraction of sp³-hybridized carbons (Fsp3) is 0.261. The highest BCUT2D eigenvalue weighted by Gasteiger charge is 2.26. The number of thioether (sulfide) groups is 1. The van der Waals surface area contributed by atoms with E-state index in [1.807, 2.05) is 13.8 Å². The van der Waals surface area contributed by atoms with Gasteiger partial charge < -0.3 is 20.3 Å². The van der Waals surface area contributed by atoms with Crippen LogP contribution in [-0.2, 0) is 11.8 Å². The molecule has 9 nitrogen and oxygen atoms in total. The summed E-state index contributed by atoms with van der Waals surface area (Å²) >= 11 is 7.33. The van der Waals surface area contributed by atoms with Crippen molar-refractivity contribution in [1.82, 2.24) is 20.1 Å². The number of nitrogens with zero attached hydrogens (tertiary/aromatic N) is 3. The zero-order chi connectivity index (χ0) is 24.8. The molecule has 3 N–H and O–H groups in total. The molecule has 178 valence electrons. The molecule has 0 aliphatic carbocycles. The molecule has 0 bridgehead atoms. The lowest BCUT2D eigenvalue weighted by molar-refractivity contribution is -0.113. The van der Waals surface area contributed by atoms with Gasteiger partial charge in [-0.2, -0.15) is 0 Å². The molecule has 34 heavy (non-hydrogen) atoms. The molecule has 11 heteroatoms. The van der Waals surface area contributed by atoms with E-state index in [1.54, 1.807) is 48.0 Å². The third-order valence-corrected chi connectivity index (χ3v) is 6.29. The predicted octanol–water partition coefficient (Wildman–Crippen LogP) is 4.02. The van der Waals surface area contributed by atoms with Crippen molar-refractivity contribution in [3.8, 4) is 0 Å². The zero-order valence-corrected chi connectivity index (χ0v) is 20.4. The molecule has 3 aromatic rings. The number of halogens is 1. The van der Waals surface area contributed by atoms with Crippen LogP contribution in [0.5, 0.6) is 0 Å². The fourth-order valence-corrected chi connectivity index (χ4v) is 4.11. The van der Waals surface area contributed by atoms with Gasteiger partial charge in [0.15, 0.2) is 11.0 Å². The number of amides is 2. The van der Waals surface area contributed by atoms with Gasteiger partial charge in [0.05, 0.1) is 27.9 Å². The van der Waals surface area contributed by atoms with E-state index >= 15 is 0 Å². The maximum atomic E-state index is 12.8. The first-order valence-corrected chi connectivity index (χ1v) is 11.7. The Labute approximate surface area is 205 Å². The summed E-state index contributed by atoms with van der Waals surface area (Å²) in [7, 11) is 1.77. The number of rotatable bonds is 9. The van der Waals surface area contributed by atoms with Gasteiger partial charge in [-0.15, -0.1) is 10.2 Å². The predicted molar refractivity (Wildman–Crippen MR) is 130 cm³/mol. The zero-order valence-electron chi connectivity index (χ0n) is 18.8. The summed E-state index contributed by atoms with van der Waals surface area (Å²) in [6.45, 7) is 3.91. The quantitative estimate of drug-likeness (QED) is 0.378. The monoisotopic (exact) mass is 501 g/mol. The number of carboxylic acid groups (broad SMARTS) is 1. The molecule has 1 heterocycles. The van der Waals surface area contributed by atoms with Crippen LogP contribution in [0, 0.1) is 5.92 Å². The Kier molecular flexibility index (Phi) is 8.30. The van der Waals surface area contributed by atoms with Crippen LogP contribution < -0.4 is 10.6 Å². The molecule has 2 aromatic carbocycles. The van der Waals surface area contributed by atoms with Gasteiger partial charge in [-0.3, -0.25) is 9.59 Å². The summed E-state index contributed by atoms with van der Waals surface area (Å²) in [5.74, 6) is -1.10. The first-order valence-electron chi connectivity index (χ1n) is 10.4. The first kappa shape index (κ1) is 25.3. The molecule has 0 aliphatic heterocycles. The number of hydrogen-bond donors (Lipinski definition) is 3. The van der Waals surface area contributed by atoms with E-state index in [4.69, 9.17) is 16.7 Å². The minimum Gasteiger partial charge on any atom is -0.478 e. The van der Waals surface area contributed by atoms with Crippen LogP contribution in [0.1, 0.15) is 46.4 Å². The summed E-state index contributed by atoms with van der Waals surface area (Å²) in [4.78, 5) is 36.2. The minimum atomic E-state index is -1.07. The molecule has 1 aromatic heterocycles. The average molecular weight is 502 g/mol. The Balaban J connectivity index is 1.67. The number of nitrogens with one attached hydrogen (secondary N) is 2. The van der Waals surface area contributed by atoms with Crippen molar-refractivity contribution in [3.05, 3.63) is 70.5 Å². The minimum absolute atomic E-state index is 0.0111. The average Bonchev–Trinajstić information content (AvgIpc) is 3.16. The third kappa shape index (κ3) is 6.15. The molecule has 2 amide bonds. The first-order chi connectivity index (χ1) is 16.2. The second-order valence-corrected chi connectivity index (χ2v) is 9.15. The molecule has 1 atom stereocenters. The Hall–Kier alpha value is -3.37. The number of benzene rings is 2. The lowest BCUT2D eigenvalue weighted by Gasteiger charge is -2.22. The van der Waals surface area contributed by atoms with Gasteiger partial charge in [0.25, 0.3) is 5.91 Å². The molecular weight excluding hydrogens is 478 g/mol. The molecule has 0 spiro atoms. The maximum Gasteiger partial charge on any atom is 0.335 e. The van der Waals surface area contributed by atoms with Crippen LogP contribution in [0.25, 0.3) is 0 Å². The summed E-state index contributed by atoms with van der Waals surface area (Å²) in [5.41, 5.74) is 0.850. The van der Waals surface area contributed by atoms with Crippen LogP contribution in [0.3, 0.4) is 0 Å². The SMILES string of the molecule is CC(C)[C@@H](NC(=O)c1ccccc1Cl)c1nnc(SCC(=O)Nc2cccc(C(=O)O)c2)n1C. The number of anilines is 1. The Morgan fingerprint density at radius 3 is 2.53 bits per heavy atom.